The molecule has 1 amide bonds. The van der Waals surface area contributed by atoms with Crippen molar-refractivity contribution in [1.29, 1.82) is 0 Å². The molecule has 1 saturated heterocycles. The Labute approximate surface area is 160 Å². The van der Waals surface area contributed by atoms with Crippen molar-refractivity contribution < 1.29 is 9.53 Å². The molecule has 144 valence electrons. The van der Waals surface area contributed by atoms with E-state index in [0.29, 0.717) is 24.8 Å². The van der Waals surface area contributed by atoms with Gasteiger partial charge in [-0.05, 0) is 31.7 Å². The number of rotatable bonds is 5. The summed E-state index contributed by atoms with van der Waals surface area (Å²) >= 11 is 0. The van der Waals surface area contributed by atoms with E-state index in [-0.39, 0.29) is 5.91 Å². The second kappa shape index (κ2) is 8.23. The lowest BCUT2D eigenvalue weighted by molar-refractivity contribution is 0.0135. The van der Waals surface area contributed by atoms with E-state index in [9.17, 15) is 4.79 Å². The number of fused-ring (bicyclic) bond motifs is 1. The van der Waals surface area contributed by atoms with Gasteiger partial charge in [0, 0.05) is 36.9 Å². The molecule has 0 saturated carbocycles. The fourth-order valence-corrected chi connectivity index (χ4v) is 4.24. The Morgan fingerprint density at radius 1 is 1.26 bits per heavy atom. The molecule has 0 radical (unpaired) electrons. The molecule has 0 unspecified atom stereocenters. The number of aromatic nitrogens is 2. The SMILES string of the molecule is CCNC(=O)c1nn(Cc2ccccc2)c2c1C[C@@H](N1CCOCC1)CC2. The van der Waals surface area contributed by atoms with Gasteiger partial charge >= 0.3 is 0 Å². The predicted octanol–water partition coefficient (Wildman–Crippen LogP) is 1.87. The van der Waals surface area contributed by atoms with E-state index in [2.05, 4.69) is 22.3 Å². The van der Waals surface area contributed by atoms with Crippen molar-refractivity contribution in [2.75, 3.05) is 32.8 Å². The number of hydrogen-bond donors (Lipinski definition) is 1. The number of morpholine rings is 1. The average molecular weight is 368 g/mol. The highest BCUT2D eigenvalue weighted by Gasteiger charge is 2.32. The summed E-state index contributed by atoms with van der Waals surface area (Å²) in [5.41, 5.74) is 4.19. The Kier molecular flexibility index (Phi) is 5.55. The van der Waals surface area contributed by atoms with Crippen molar-refractivity contribution in [2.45, 2.75) is 38.8 Å². The lowest BCUT2D eigenvalue weighted by Crippen LogP contribution is -2.46. The number of hydrogen-bond acceptors (Lipinski definition) is 4. The highest BCUT2D eigenvalue weighted by Crippen LogP contribution is 2.28. The highest BCUT2D eigenvalue weighted by atomic mass is 16.5. The molecule has 0 bridgehead atoms. The van der Waals surface area contributed by atoms with Crippen molar-refractivity contribution in [3.63, 3.8) is 0 Å². The minimum Gasteiger partial charge on any atom is -0.379 e. The first kappa shape index (κ1) is 18.2. The van der Waals surface area contributed by atoms with E-state index >= 15 is 0 Å². The Hall–Kier alpha value is -2.18. The van der Waals surface area contributed by atoms with Crippen LogP contribution in [0.3, 0.4) is 0 Å². The molecule has 2 aliphatic rings. The molecule has 6 nitrogen and oxygen atoms in total. The highest BCUT2D eigenvalue weighted by molar-refractivity contribution is 5.94. The minimum atomic E-state index is -0.0526. The summed E-state index contributed by atoms with van der Waals surface area (Å²) < 4.78 is 7.55. The molecule has 1 fully saturated rings. The van der Waals surface area contributed by atoms with E-state index in [0.717, 1.165) is 51.1 Å². The Morgan fingerprint density at radius 2 is 2.04 bits per heavy atom. The van der Waals surface area contributed by atoms with Gasteiger partial charge in [-0.2, -0.15) is 5.10 Å². The molecular formula is C21H28N4O2. The van der Waals surface area contributed by atoms with Gasteiger partial charge in [-0.15, -0.1) is 0 Å². The van der Waals surface area contributed by atoms with Crippen LogP contribution in [0.1, 0.15) is 40.7 Å². The molecule has 6 heteroatoms. The quantitative estimate of drug-likeness (QED) is 0.875. The van der Waals surface area contributed by atoms with Crippen LogP contribution in [0.4, 0.5) is 0 Å². The van der Waals surface area contributed by atoms with E-state index < -0.39 is 0 Å². The summed E-state index contributed by atoms with van der Waals surface area (Å²) in [5, 5.41) is 7.68. The smallest absolute Gasteiger partial charge is 0.272 e. The van der Waals surface area contributed by atoms with E-state index in [1.165, 1.54) is 11.3 Å². The van der Waals surface area contributed by atoms with Crippen molar-refractivity contribution in [3.8, 4) is 0 Å². The normalized spacial score (nSPS) is 20.3. The molecule has 1 aromatic heterocycles. The number of carbonyl (C=O) groups excluding carboxylic acids is 1. The van der Waals surface area contributed by atoms with Gasteiger partial charge in [0.05, 0.1) is 19.8 Å². The summed E-state index contributed by atoms with van der Waals surface area (Å²) in [6.45, 7) is 6.85. The summed E-state index contributed by atoms with van der Waals surface area (Å²) in [7, 11) is 0. The zero-order valence-corrected chi connectivity index (χ0v) is 16.0. The van der Waals surface area contributed by atoms with Gasteiger partial charge in [-0.1, -0.05) is 30.3 Å². The monoisotopic (exact) mass is 368 g/mol. The second-order valence-corrected chi connectivity index (χ2v) is 7.32. The van der Waals surface area contributed by atoms with Crippen molar-refractivity contribution in [2.24, 2.45) is 0 Å². The standard InChI is InChI=1S/C21H28N4O2/c1-2-22-21(26)20-18-14-17(24-10-12-27-13-11-24)8-9-19(18)25(23-20)15-16-6-4-3-5-7-16/h3-7,17H,2,8-15H2,1H3,(H,22,26)/t17-/m0/s1. The molecular weight excluding hydrogens is 340 g/mol. The number of amides is 1. The van der Waals surface area contributed by atoms with Crippen molar-refractivity contribution in [1.82, 2.24) is 20.0 Å². The Balaban J connectivity index is 1.62. The Bertz CT molecular complexity index is 781. The van der Waals surface area contributed by atoms with Gasteiger partial charge in [0.15, 0.2) is 5.69 Å². The first-order chi connectivity index (χ1) is 13.3. The zero-order valence-electron chi connectivity index (χ0n) is 16.0. The summed E-state index contributed by atoms with van der Waals surface area (Å²) in [6.07, 6.45) is 2.98. The maximum absolute atomic E-state index is 12.6. The third-order valence-corrected chi connectivity index (χ3v) is 5.61. The lowest BCUT2D eigenvalue weighted by atomic mass is 9.90. The topological polar surface area (TPSA) is 59.4 Å². The number of nitrogens with one attached hydrogen (secondary N) is 1. The van der Waals surface area contributed by atoms with Crippen LogP contribution in [0, 0.1) is 0 Å². The lowest BCUT2D eigenvalue weighted by Gasteiger charge is -2.36. The molecule has 2 aromatic rings. The number of ether oxygens (including phenoxy) is 1. The van der Waals surface area contributed by atoms with E-state index in [1.807, 2.05) is 29.8 Å². The fraction of sp³-hybridized carbons (Fsp3) is 0.524. The van der Waals surface area contributed by atoms with Crippen LogP contribution in [-0.2, 0) is 24.1 Å². The van der Waals surface area contributed by atoms with Crippen LogP contribution in [0.2, 0.25) is 0 Å². The average Bonchev–Trinajstić information content (AvgIpc) is 3.07. The van der Waals surface area contributed by atoms with Gasteiger partial charge in [-0.25, -0.2) is 0 Å². The Morgan fingerprint density at radius 3 is 2.78 bits per heavy atom. The van der Waals surface area contributed by atoms with Gasteiger partial charge < -0.3 is 10.1 Å². The molecule has 1 aliphatic heterocycles. The minimum absolute atomic E-state index is 0.0526. The van der Waals surface area contributed by atoms with E-state index in [4.69, 9.17) is 9.84 Å². The first-order valence-corrected chi connectivity index (χ1v) is 9.98. The number of benzene rings is 1. The molecule has 1 N–H and O–H groups in total. The van der Waals surface area contributed by atoms with Crippen molar-refractivity contribution in [3.05, 3.63) is 52.8 Å². The third-order valence-electron chi connectivity index (χ3n) is 5.61. The van der Waals surface area contributed by atoms with Crippen LogP contribution < -0.4 is 5.32 Å². The summed E-state index contributed by atoms with van der Waals surface area (Å²) in [5.74, 6) is -0.0526. The van der Waals surface area contributed by atoms with Crippen LogP contribution >= 0.6 is 0 Å². The predicted molar refractivity (Wildman–Crippen MR) is 104 cm³/mol. The van der Waals surface area contributed by atoms with Gasteiger partial charge in [0.1, 0.15) is 0 Å². The molecule has 1 aromatic carbocycles. The molecule has 1 aliphatic carbocycles. The summed E-state index contributed by atoms with van der Waals surface area (Å²) in [4.78, 5) is 15.2. The molecule has 1 atom stereocenters. The fourth-order valence-electron chi connectivity index (χ4n) is 4.24. The maximum atomic E-state index is 12.6. The van der Waals surface area contributed by atoms with Crippen LogP contribution in [0.25, 0.3) is 0 Å². The molecule has 27 heavy (non-hydrogen) atoms. The number of carbonyl (C=O) groups is 1. The van der Waals surface area contributed by atoms with Gasteiger partial charge in [-0.3, -0.25) is 14.4 Å². The zero-order chi connectivity index (χ0) is 18.6. The van der Waals surface area contributed by atoms with Crippen molar-refractivity contribution >= 4 is 5.91 Å². The second-order valence-electron chi connectivity index (χ2n) is 7.32. The van der Waals surface area contributed by atoms with Crippen LogP contribution in [0.15, 0.2) is 30.3 Å². The van der Waals surface area contributed by atoms with E-state index in [1.54, 1.807) is 0 Å². The maximum Gasteiger partial charge on any atom is 0.272 e. The molecule has 0 spiro atoms. The van der Waals surface area contributed by atoms with Gasteiger partial charge in [0.25, 0.3) is 5.91 Å². The van der Waals surface area contributed by atoms with Gasteiger partial charge in [0.2, 0.25) is 0 Å². The first-order valence-electron chi connectivity index (χ1n) is 9.98. The van der Waals surface area contributed by atoms with Crippen LogP contribution in [0.5, 0.6) is 0 Å². The summed E-state index contributed by atoms with van der Waals surface area (Å²) in [6, 6.07) is 10.8. The van der Waals surface area contributed by atoms with Crippen LogP contribution in [-0.4, -0.2) is 59.5 Å². The largest absolute Gasteiger partial charge is 0.379 e. The third kappa shape index (κ3) is 3.92. The molecule has 2 heterocycles. The number of nitrogens with zero attached hydrogens (tertiary/aromatic N) is 3. The molecule has 4 rings (SSSR count).